The standard InChI is InChI=1S/C80H155NO5/c1-3-5-7-9-11-13-15-17-19-21-23-37-40-44-48-52-56-60-64-68-72-78(83)77(76-82)81-79(84)73-69-65-61-57-53-49-45-41-38-34-32-30-28-26-24-25-27-29-31-33-35-39-43-47-51-55-59-63-67-71-75-86-80(85)74-70-66-62-58-54-50-46-42-36-22-20-18-16-14-12-10-8-6-4-2/h18,20,25,27,77-78,82-83H,3-17,19,21-24,26,28-76H2,1-2H3,(H,81,84)/b20-18-,27-25-. The molecule has 0 aromatic carbocycles. The number of aliphatic hydroxyl groups is 2. The monoisotopic (exact) mass is 1210 g/mol. The molecule has 6 heteroatoms. The lowest BCUT2D eigenvalue weighted by atomic mass is 10.0. The minimum Gasteiger partial charge on any atom is -0.466 e. The zero-order valence-electron chi connectivity index (χ0n) is 58.6. The maximum absolute atomic E-state index is 12.6. The van der Waals surface area contributed by atoms with Crippen molar-refractivity contribution in [2.75, 3.05) is 13.2 Å². The van der Waals surface area contributed by atoms with Crippen molar-refractivity contribution in [1.82, 2.24) is 5.32 Å². The van der Waals surface area contributed by atoms with E-state index in [2.05, 4.69) is 43.5 Å². The SMILES string of the molecule is CCCCCCCC/C=C\CCCCCCCCCCCC(=O)OCCCCCCCCCCCCCC/C=C\CCCCCCCCCCCCCCCCC(=O)NC(CO)C(O)CCCCCCCCCCCCCCCCCCCCCC. The third-order valence-corrected chi connectivity index (χ3v) is 18.7. The molecule has 0 fully saturated rings. The van der Waals surface area contributed by atoms with Crippen LogP contribution in [0.3, 0.4) is 0 Å². The third kappa shape index (κ3) is 71.4. The summed E-state index contributed by atoms with van der Waals surface area (Å²) in [6.07, 6.45) is 96.9. The molecule has 6 nitrogen and oxygen atoms in total. The zero-order valence-corrected chi connectivity index (χ0v) is 58.6. The van der Waals surface area contributed by atoms with E-state index < -0.39 is 12.1 Å². The van der Waals surface area contributed by atoms with Crippen LogP contribution in [0.25, 0.3) is 0 Å². The van der Waals surface area contributed by atoms with E-state index >= 15 is 0 Å². The van der Waals surface area contributed by atoms with Gasteiger partial charge in [0.25, 0.3) is 0 Å². The van der Waals surface area contributed by atoms with Crippen LogP contribution < -0.4 is 5.32 Å². The minimum atomic E-state index is -0.664. The Morgan fingerprint density at radius 3 is 0.826 bits per heavy atom. The lowest BCUT2D eigenvalue weighted by Crippen LogP contribution is -2.45. The van der Waals surface area contributed by atoms with Crippen molar-refractivity contribution in [3.63, 3.8) is 0 Å². The molecular formula is C80H155NO5. The molecule has 510 valence electrons. The van der Waals surface area contributed by atoms with Crippen molar-refractivity contribution in [1.29, 1.82) is 0 Å². The fraction of sp³-hybridized carbons (Fsp3) is 0.925. The molecule has 0 radical (unpaired) electrons. The highest BCUT2D eigenvalue weighted by molar-refractivity contribution is 5.76. The van der Waals surface area contributed by atoms with Crippen molar-refractivity contribution >= 4 is 11.9 Å². The van der Waals surface area contributed by atoms with E-state index in [-0.39, 0.29) is 18.5 Å². The van der Waals surface area contributed by atoms with Gasteiger partial charge in [-0.05, 0) is 77.0 Å². The Bertz CT molecular complexity index is 1350. The molecule has 3 N–H and O–H groups in total. The summed E-state index contributed by atoms with van der Waals surface area (Å²) in [5.41, 5.74) is 0. The van der Waals surface area contributed by atoms with Gasteiger partial charge < -0.3 is 20.3 Å². The van der Waals surface area contributed by atoms with E-state index in [1.54, 1.807) is 0 Å². The van der Waals surface area contributed by atoms with Crippen LogP contribution in [0.1, 0.15) is 450 Å². The van der Waals surface area contributed by atoms with Crippen molar-refractivity contribution in [3.8, 4) is 0 Å². The first kappa shape index (κ1) is 84.3. The summed E-state index contributed by atoms with van der Waals surface area (Å²) in [4.78, 5) is 24.7. The average molecular weight is 1210 g/mol. The van der Waals surface area contributed by atoms with Gasteiger partial charge in [0.15, 0.2) is 0 Å². The predicted octanol–water partition coefficient (Wildman–Crippen LogP) is 26.0. The Morgan fingerprint density at radius 1 is 0.314 bits per heavy atom. The van der Waals surface area contributed by atoms with E-state index in [4.69, 9.17) is 4.74 Å². The molecule has 86 heavy (non-hydrogen) atoms. The molecule has 0 saturated carbocycles. The number of allylic oxidation sites excluding steroid dienone is 4. The van der Waals surface area contributed by atoms with Crippen LogP contribution in [0.2, 0.25) is 0 Å². The Hall–Kier alpha value is -1.66. The van der Waals surface area contributed by atoms with E-state index in [0.717, 1.165) is 38.5 Å². The lowest BCUT2D eigenvalue weighted by molar-refractivity contribution is -0.143. The number of nitrogens with one attached hydrogen (secondary N) is 1. The third-order valence-electron chi connectivity index (χ3n) is 18.7. The Labute approximate surface area is 539 Å². The first-order chi connectivity index (χ1) is 42.5. The van der Waals surface area contributed by atoms with Gasteiger partial charge in [-0.15, -0.1) is 0 Å². The van der Waals surface area contributed by atoms with Gasteiger partial charge in [0.2, 0.25) is 5.91 Å². The maximum atomic E-state index is 12.6. The highest BCUT2D eigenvalue weighted by Crippen LogP contribution is 2.20. The van der Waals surface area contributed by atoms with Crippen molar-refractivity contribution < 1.29 is 24.5 Å². The van der Waals surface area contributed by atoms with E-state index in [1.165, 1.54) is 379 Å². The summed E-state index contributed by atoms with van der Waals surface area (Å²) in [5.74, 6) is -0.0107. The first-order valence-electron chi connectivity index (χ1n) is 39.6. The summed E-state index contributed by atoms with van der Waals surface area (Å²) in [6, 6.07) is -0.541. The molecule has 2 atom stereocenters. The molecule has 0 aromatic heterocycles. The second-order valence-corrected chi connectivity index (χ2v) is 27.4. The molecule has 0 rings (SSSR count). The van der Waals surface area contributed by atoms with Gasteiger partial charge in [0.1, 0.15) is 0 Å². The molecule has 0 aliphatic rings. The number of amides is 1. The molecule has 0 bridgehead atoms. The summed E-state index contributed by atoms with van der Waals surface area (Å²) < 4.78 is 5.52. The van der Waals surface area contributed by atoms with Crippen LogP contribution in [0.4, 0.5) is 0 Å². The second kappa shape index (κ2) is 75.8. The number of esters is 1. The van der Waals surface area contributed by atoms with Crippen LogP contribution in [0.5, 0.6) is 0 Å². The zero-order chi connectivity index (χ0) is 62.0. The van der Waals surface area contributed by atoms with Gasteiger partial charge in [-0.2, -0.15) is 0 Å². The lowest BCUT2D eigenvalue weighted by Gasteiger charge is -2.22. The van der Waals surface area contributed by atoms with Crippen molar-refractivity contribution in [3.05, 3.63) is 24.3 Å². The fourth-order valence-corrected chi connectivity index (χ4v) is 12.7. The van der Waals surface area contributed by atoms with Gasteiger partial charge in [-0.25, -0.2) is 0 Å². The molecule has 0 spiro atoms. The number of rotatable bonds is 75. The van der Waals surface area contributed by atoms with E-state index in [1.807, 2.05) is 0 Å². The molecule has 0 aliphatic carbocycles. The van der Waals surface area contributed by atoms with E-state index in [9.17, 15) is 19.8 Å². The van der Waals surface area contributed by atoms with Gasteiger partial charge in [-0.1, -0.05) is 385 Å². The van der Waals surface area contributed by atoms with Crippen LogP contribution in [-0.2, 0) is 14.3 Å². The molecule has 0 aliphatic heterocycles. The Kier molecular flexibility index (Phi) is 74.3. The topological polar surface area (TPSA) is 95.9 Å². The van der Waals surface area contributed by atoms with Gasteiger partial charge in [0.05, 0.1) is 25.4 Å². The highest BCUT2D eigenvalue weighted by atomic mass is 16.5. The molecule has 0 heterocycles. The summed E-state index contributed by atoms with van der Waals surface area (Å²) in [5, 5.41) is 23.4. The van der Waals surface area contributed by atoms with E-state index in [0.29, 0.717) is 25.9 Å². The van der Waals surface area contributed by atoms with Gasteiger partial charge >= 0.3 is 5.97 Å². The maximum Gasteiger partial charge on any atom is 0.305 e. The van der Waals surface area contributed by atoms with Crippen molar-refractivity contribution in [2.45, 2.75) is 463 Å². The summed E-state index contributed by atoms with van der Waals surface area (Å²) in [7, 11) is 0. The predicted molar refractivity (Wildman–Crippen MR) is 380 cm³/mol. The number of hydrogen-bond donors (Lipinski definition) is 3. The first-order valence-corrected chi connectivity index (χ1v) is 39.6. The summed E-state index contributed by atoms with van der Waals surface area (Å²) >= 11 is 0. The molecule has 0 saturated heterocycles. The number of ether oxygens (including phenoxy) is 1. The van der Waals surface area contributed by atoms with Crippen LogP contribution >= 0.6 is 0 Å². The highest BCUT2D eigenvalue weighted by Gasteiger charge is 2.20. The quantitative estimate of drug-likeness (QED) is 0.0320. The second-order valence-electron chi connectivity index (χ2n) is 27.4. The van der Waals surface area contributed by atoms with Gasteiger partial charge in [0, 0.05) is 12.8 Å². The fourth-order valence-electron chi connectivity index (χ4n) is 12.7. The van der Waals surface area contributed by atoms with Crippen LogP contribution in [0, 0.1) is 0 Å². The van der Waals surface area contributed by atoms with Gasteiger partial charge in [-0.3, -0.25) is 9.59 Å². The average Bonchev–Trinajstić information content (AvgIpc) is 3.54. The Balaban J connectivity index is 3.35. The number of carbonyl (C=O) groups is 2. The normalized spacial score (nSPS) is 12.6. The molecule has 2 unspecified atom stereocenters. The number of hydrogen-bond acceptors (Lipinski definition) is 5. The smallest absolute Gasteiger partial charge is 0.305 e. The number of aliphatic hydroxyl groups excluding tert-OH is 2. The minimum absolute atomic E-state index is 0.0178. The number of carbonyl (C=O) groups excluding carboxylic acids is 2. The molecular weight excluding hydrogens is 1050 g/mol. The largest absolute Gasteiger partial charge is 0.466 e. The molecule has 0 aromatic rings. The Morgan fingerprint density at radius 2 is 0.547 bits per heavy atom. The van der Waals surface area contributed by atoms with Crippen LogP contribution in [0.15, 0.2) is 24.3 Å². The summed E-state index contributed by atoms with van der Waals surface area (Å²) in [6.45, 7) is 5.00. The number of unbranched alkanes of at least 4 members (excludes halogenated alkanes) is 60. The molecule has 1 amide bonds. The van der Waals surface area contributed by atoms with Crippen molar-refractivity contribution in [2.24, 2.45) is 0 Å². The van der Waals surface area contributed by atoms with Crippen LogP contribution in [-0.4, -0.2) is 47.4 Å².